The third kappa shape index (κ3) is 4.06. The second-order valence-electron chi connectivity index (χ2n) is 4.70. The Morgan fingerprint density at radius 2 is 2.10 bits per heavy atom. The van der Waals surface area contributed by atoms with Crippen LogP contribution in [0.5, 0.6) is 0 Å². The standard InChI is InChI=1S/C14H18N2O2S2/c1-9(2)16-14(18)15-8-10-5-6-12(20-10)13(17)11-4-3-7-19-11/h3-7,9,13,17H,8H2,1-2H3,(H2,15,16,18). The molecule has 20 heavy (non-hydrogen) atoms. The lowest BCUT2D eigenvalue weighted by Gasteiger charge is -2.09. The van der Waals surface area contributed by atoms with E-state index in [2.05, 4.69) is 10.6 Å². The van der Waals surface area contributed by atoms with Gasteiger partial charge in [-0.2, -0.15) is 0 Å². The van der Waals surface area contributed by atoms with E-state index in [1.807, 2.05) is 43.5 Å². The molecule has 0 fully saturated rings. The zero-order chi connectivity index (χ0) is 14.5. The van der Waals surface area contributed by atoms with E-state index in [9.17, 15) is 9.90 Å². The topological polar surface area (TPSA) is 61.4 Å². The van der Waals surface area contributed by atoms with Crippen molar-refractivity contribution < 1.29 is 9.90 Å². The van der Waals surface area contributed by atoms with Gasteiger partial charge in [0.25, 0.3) is 0 Å². The molecule has 0 radical (unpaired) electrons. The maximum absolute atomic E-state index is 11.5. The summed E-state index contributed by atoms with van der Waals surface area (Å²) in [5.41, 5.74) is 0. The van der Waals surface area contributed by atoms with E-state index in [0.717, 1.165) is 14.6 Å². The van der Waals surface area contributed by atoms with Crippen LogP contribution in [0.3, 0.4) is 0 Å². The molecule has 2 heterocycles. The van der Waals surface area contributed by atoms with Gasteiger partial charge in [-0.1, -0.05) is 6.07 Å². The number of thiophene rings is 2. The van der Waals surface area contributed by atoms with E-state index in [0.29, 0.717) is 6.54 Å². The smallest absolute Gasteiger partial charge is 0.315 e. The lowest BCUT2D eigenvalue weighted by atomic mass is 10.2. The Bertz CT molecular complexity index is 549. The molecule has 108 valence electrons. The van der Waals surface area contributed by atoms with Crippen molar-refractivity contribution in [1.29, 1.82) is 0 Å². The molecule has 3 N–H and O–H groups in total. The summed E-state index contributed by atoms with van der Waals surface area (Å²) in [6, 6.07) is 7.64. The first-order valence-electron chi connectivity index (χ1n) is 6.40. The fourth-order valence-electron chi connectivity index (χ4n) is 1.70. The van der Waals surface area contributed by atoms with Gasteiger partial charge in [0.1, 0.15) is 6.10 Å². The van der Waals surface area contributed by atoms with Crippen molar-refractivity contribution in [2.45, 2.75) is 32.5 Å². The van der Waals surface area contributed by atoms with Crippen molar-refractivity contribution in [1.82, 2.24) is 10.6 Å². The van der Waals surface area contributed by atoms with Crippen molar-refractivity contribution in [3.63, 3.8) is 0 Å². The summed E-state index contributed by atoms with van der Waals surface area (Å²) in [5, 5.41) is 17.7. The first-order valence-corrected chi connectivity index (χ1v) is 8.10. The van der Waals surface area contributed by atoms with Gasteiger partial charge in [-0.05, 0) is 37.4 Å². The molecule has 2 amide bonds. The van der Waals surface area contributed by atoms with E-state index in [1.165, 1.54) is 22.7 Å². The number of hydrogen-bond donors (Lipinski definition) is 3. The minimum Gasteiger partial charge on any atom is -0.382 e. The minimum atomic E-state index is -0.571. The number of rotatable bonds is 5. The molecule has 2 aromatic rings. The van der Waals surface area contributed by atoms with E-state index in [-0.39, 0.29) is 12.1 Å². The summed E-state index contributed by atoms with van der Waals surface area (Å²) in [6.07, 6.45) is -0.571. The molecular weight excluding hydrogens is 292 g/mol. The van der Waals surface area contributed by atoms with Crippen LogP contribution in [0.4, 0.5) is 4.79 Å². The van der Waals surface area contributed by atoms with Gasteiger partial charge in [0.2, 0.25) is 0 Å². The molecule has 0 aliphatic rings. The van der Waals surface area contributed by atoms with E-state index >= 15 is 0 Å². The highest BCUT2D eigenvalue weighted by molar-refractivity contribution is 7.12. The molecule has 2 rings (SSSR count). The number of aliphatic hydroxyl groups is 1. The van der Waals surface area contributed by atoms with Gasteiger partial charge >= 0.3 is 6.03 Å². The van der Waals surface area contributed by atoms with Crippen LogP contribution in [0.1, 0.15) is 34.6 Å². The van der Waals surface area contributed by atoms with Crippen molar-refractivity contribution in [2.75, 3.05) is 0 Å². The lowest BCUT2D eigenvalue weighted by Crippen LogP contribution is -2.38. The molecule has 1 atom stereocenters. The highest BCUT2D eigenvalue weighted by atomic mass is 32.1. The average molecular weight is 310 g/mol. The molecule has 6 heteroatoms. The van der Waals surface area contributed by atoms with Gasteiger partial charge in [0.15, 0.2) is 0 Å². The molecule has 0 aliphatic carbocycles. The van der Waals surface area contributed by atoms with Crippen molar-refractivity contribution in [3.8, 4) is 0 Å². The predicted octanol–water partition coefficient (Wildman–Crippen LogP) is 3.10. The SMILES string of the molecule is CC(C)NC(=O)NCc1ccc(C(O)c2cccs2)s1. The van der Waals surface area contributed by atoms with Crippen molar-refractivity contribution >= 4 is 28.7 Å². The van der Waals surface area contributed by atoms with Gasteiger partial charge < -0.3 is 15.7 Å². The summed E-state index contributed by atoms with van der Waals surface area (Å²) in [4.78, 5) is 14.3. The van der Waals surface area contributed by atoms with Crippen LogP contribution in [0.15, 0.2) is 29.6 Å². The second-order valence-corrected chi connectivity index (χ2v) is 6.88. The first-order chi connectivity index (χ1) is 9.56. The van der Waals surface area contributed by atoms with Gasteiger partial charge in [-0.15, -0.1) is 22.7 Å². The Morgan fingerprint density at radius 1 is 1.30 bits per heavy atom. The lowest BCUT2D eigenvalue weighted by molar-refractivity contribution is 0.228. The highest BCUT2D eigenvalue weighted by Crippen LogP contribution is 2.30. The minimum absolute atomic E-state index is 0.120. The van der Waals surface area contributed by atoms with Crippen LogP contribution in [-0.2, 0) is 6.54 Å². The second kappa shape index (κ2) is 6.88. The third-order valence-corrected chi connectivity index (χ3v) is 4.67. The van der Waals surface area contributed by atoms with Gasteiger partial charge in [0, 0.05) is 20.7 Å². The molecule has 0 aliphatic heterocycles. The summed E-state index contributed by atoms with van der Waals surface area (Å²) < 4.78 is 0. The number of aliphatic hydroxyl groups excluding tert-OH is 1. The number of nitrogens with one attached hydrogen (secondary N) is 2. The maximum atomic E-state index is 11.5. The van der Waals surface area contributed by atoms with Crippen LogP contribution in [0.25, 0.3) is 0 Å². The molecular formula is C14H18N2O2S2. The predicted molar refractivity (Wildman–Crippen MR) is 83.2 cm³/mol. The molecule has 0 bridgehead atoms. The molecule has 1 unspecified atom stereocenters. The largest absolute Gasteiger partial charge is 0.382 e. The van der Waals surface area contributed by atoms with E-state index < -0.39 is 6.10 Å². The fourth-order valence-corrected chi connectivity index (χ4v) is 3.46. The summed E-state index contributed by atoms with van der Waals surface area (Å²) in [6.45, 7) is 4.31. The molecule has 0 saturated heterocycles. The Labute approximate surface area is 126 Å². The monoisotopic (exact) mass is 310 g/mol. The normalized spacial score (nSPS) is 12.4. The molecule has 4 nitrogen and oxygen atoms in total. The van der Waals surface area contributed by atoms with Crippen molar-refractivity contribution in [2.24, 2.45) is 0 Å². The number of amides is 2. The quantitative estimate of drug-likeness (QED) is 0.794. The highest BCUT2D eigenvalue weighted by Gasteiger charge is 2.14. The zero-order valence-corrected chi connectivity index (χ0v) is 13.1. The Kier molecular flexibility index (Phi) is 5.17. The molecule has 0 saturated carbocycles. The average Bonchev–Trinajstić information content (AvgIpc) is 3.06. The third-order valence-electron chi connectivity index (χ3n) is 2.61. The number of carbonyl (C=O) groups is 1. The Hall–Kier alpha value is -1.37. The van der Waals surface area contributed by atoms with E-state index in [4.69, 9.17) is 0 Å². The fraction of sp³-hybridized carbons (Fsp3) is 0.357. The molecule has 2 aromatic heterocycles. The van der Waals surface area contributed by atoms with Crippen LogP contribution in [0, 0.1) is 0 Å². The van der Waals surface area contributed by atoms with Crippen LogP contribution >= 0.6 is 22.7 Å². The van der Waals surface area contributed by atoms with Crippen molar-refractivity contribution in [3.05, 3.63) is 44.3 Å². The van der Waals surface area contributed by atoms with Crippen LogP contribution in [-0.4, -0.2) is 17.2 Å². The number of hydrogen-bond acceptors (Lipinski definition) is 4. The maximum Gasteiger partial charge on any atom is 0.315 e. The first kappa shape index (κ1) is 15.0. The summed E-state index contributed by atoms with van der Waals surface area (Å²) in [7, 11) is 0. The molecule has 0 spiro atoms. The summed E-state index contributed by atoms with van der Waals surface area (Å²) in [5.74, 6) is 0. The van der Waals surface area contributed by atoms with Crippen LogP contribution in [0.2, 0.25) is 0 Å². The van der Waals surface area contributed by atoms with E-state index in [1.54, 1.807) is 0 Å². The van der Waals surface area contributed by atoms with Gasteiger partial charge in [-0.25, -0.2) is 4.79 Å². The molecule has 0 aromatic carbocycles. The van der Waals surface area contributed by atoms with Gasteiger partial charge in [-0.3, -0.25) is 0 Å². The van der Waals surface area contributed by atoms with Gasteiger partial charge in [0.05, 0.1) is 6.54 Å². The number of urea groups is 1. The summed E-state index contributed by atoms with van der Waals surface area (Å²) >= 11 is 3.05. The number of carbonyl (C=O) groups excluding carboxylic acids is 1. The van der Waals surface area contributed by atoms with Crippen LogP contribution < -0.4 is 10.6 Å². The zero-order valence-electron chi connectivity index (χ0n) is 11.4. The Morgan fingerprint density at radius 3 is 2.75 bits per heavy atom. The Balaban J connectivity index is 1.91.